The van der Waals surface area contributed by atoms with Crippen LogP contribution in [0, 0.1) is 0 Å². The van der Waals surface area contributed by atoms with E-state index in [1.807, 2.05) is 37.3 Å². The first-order valence-electron chi connectivity index (χ1n) is 7.65. The van der Waals surface area contributed by atoms with Crippen LogP contribution in [0.4, 0.5) is 0 Å². The molecular weight excluding hydrogens is 292 g/mol. The zero-order chi connectivity index (χ0) is 16.5. The first kappa shape index (κ1) is 17.0. The number of hydrogen-bond acceptors (Lipinski definition) is 4. The normalized spacial score (nSPS) is 10.3. The molecular formula is C18H22N2O3. The summed E-state index contributed by atoms with van der Waals surface area (Å²) in [5.74, 6) is 0.729. The summed E-state index contributed by atoms with van der Waals surface area (Å²) in [5, 5.41) is 0. The van der Waals surface area contributed by atoms with Crippen LogP contribution in [0.25, 0.3) is 0 Å². The quantitative estimate of drug-likeness (QED) is 0.752. The number of hydrogen-bond donors (Lipinski definition) is 0. The van der Waals surface area contributed by atoms with Gasteiger partial charge in [0.15, 0.2) is 0 Å². The smallest absolute Gasteiger partial charge is 0.272 e. The van der Waals surface area contributed by atoms with Crippen LogP contribution in [0.5, 0.6) is 5.75 Å². The fourth-order valence-corrected chi connectivity index (χ4v) is 2.18. The van der Waals surface area contributed by atoms with E-state index in [2.05, 4.69) is 4.98 Å². The molecule has 0 aliphatic heterocycles. The maximum atomic E-state index is 12.6. The maximum absolute atomic E-state index is 12.6. The molecule has 23 heavy (non-hydrogen) atoms. The molecule has 0 N–H and O–H groups in total. The molecule has 0 fully saturated rings. The topological polar surface area (TPSA) is 51.7 Å². The Morgan fingerprint density at radius 2 is 1.96 bits per heavy atom. The summed E-state index contributed by atoms with van der Waals surface area (Å²) in [7, 11) is 1.63. The van der Waals surface area contributed by atoms with Gasteiger partial charge in [0.25, 0.3) is 5.91 Å². The third kappa shape index (κ3) is 5.07. The highest BCUT2D eigenvalue weighted by atomic mass is 16.5. The van der Waals surface area contributed by atoms with Gasteiger partial charge < -0.3 is 14.4 Å². The van der Waals surface area contributed by atoms with Crippen molar-refractivity contribution in [3.63, 3.8) is 0 Å². The second kappa shape index (κ2) is 8.90. The lowest BCUT2D eigenvalue weighted by molar-refractivity contribution is 0.0674. The number of carbonyl (C=O) groups excluding carboxylic acids is 1. The predicted molar refractivity (Wildman–Crippen MR) is 88.5 cm³/mol. The van der Waals surface area contributed by atoms with E-state index in [4.69, 9.17) is 9.47 Å². The van der Waals surface area contributed by atoms with Gasteiger partial charge >= 0.3 is 0 Å². The van der Waals surface area contributed by atoms with Gasteiger partial charge in [-0.1, -0.05) is 18.2 Å². The van der Waals surface area contributed by atoms with E-state index in [0.717, 1.165) is 11.3 Å². The zero-order valence-electron chi connectivity index (χ0n) is 13.6. The van der Waals surface area contributed by atoms with E-state index in [0.29, 0.717) is 32.0 Å². The summed E-state index contributed by atoms with van der Waals surface area (Å²) in [6.45, 7) is 4.09. The molecule has 0 radical (unpaired) electrons. The fourth-order valence-electron chi connectivity index (χ4n) is 2.18. The Morgan fingerprint density at radius 1 is 1.17 bits per heavy atom. The predicted octanol–water partition coefficient (Wildman–Crippen LogP) is 2.77. The lowest BCUT2D eigenvalue weighted by Gasteiger charge is -2.22. The van der Waals surface area contributed by atoms with Gasteiger partial charge in [-0.25, -0.2) is 0 Å². The number of ether oxygens (including phenoxy) is 2. The standard InChI is InChI=1S/C18H22N2O3/c1-3-23-16-9-7-15(8-10-16)14-20(12-13-22-2)18(21)17-6-4-5-11-19-17/h4-11H,3,12-14H2,1-2H3. The third-order valence-electron chi connectivity index (χ3n) is 3.34. The third-order valence-corrected chi connectivity index (χ3v) is 3.34. The van der Waals surface area contributed by atoms with Crippen LogP contribution in [0.15, 0.2) is 48.7 Å². The highest BCUT2D eigenvalue weighted by molar-refractivity contribution is 5.92. The second-order valence-electron chi connectivity index (χ2n) is 5.01. The van der Waals surface area contributed by atoms with Gasteiger partial charge in [0.05, 0.1) is 13.2 Å². The molecule has 5 nitrogen and oxygen atoms in total. The molecule has 122 valence electrons. The SMILES string of the molecule is CCOc1ccc(CN(CCOC)C(=O)c2ccccn2)cc1. The molecule has 1 aromatic heterocycles. The van der Waals surface area contributed by atoms with Crippen LogP contribution in [0.1, 0.15) is 23.0 Å². The average molecular weight is 314 g/mol. The van der Waals surface area contributed by atoms with Crippen LogP contribution in [0.2, 0.25) is 0 Å². The molecule has 5 heteroatoms. The van der Waals surface area contributed by atoms with Crippen molar-refractivity contribution in [2.24, 2.45) is 0 Å². The molecule has 0 atom stereocenters. The Labute approximate surface area is 136 Å². The van der Waals surface area contributed by atoms with Crippen molar-refractivity contribution in [3.05, 3.63) is 59.9 Å². The minimum absolute atomic E-state index is 0.100. The molecule has 0 aliphatic rings. The van der Waals surface area contributed by atoms with Gasteiger partial charge in [0.2, 0.25) is 0 Å². The van der Waals surface area contributed by atoms with Crippen LogP contribution >= 0.6 is 0 Å². The Bertz CT molecular complexity index is 599. The van der Waals surface area contributed by atoms with Crippen LogP contribution in [-0.2, 0) is 11.3 Å². The van der Waals surface area contributed by atoms with Crippen LogP contribution in [0.3, 0.4) is 0 Å². The summed E-state index contributed by atoms with van der Waals surface area (Å²) in [5.41, 5.74) is 1.48. The Hall–Kier alpha value is -2.40. The molecule has 0 saturated heterocycles. The molecule has 0 aliphatic carbocycles. The first-order valence-corrected chi connectivity index (χ1v) is 7.65. The van der Waals surface area contributed by atoms with Crippen molar-refractivity contribution in [2.45, 2.75) is 13.5 Å². The van der Waals surface area contributed by atoms with Crippen molar-refractivity contribution in [2.75, 3.05) is 26.9 Å². The number of benzene rings is 1. The van der Waals surface area contributed by atoms with Gasteiger partial charge in [0.1, 0.15) is 11.4 Å². The van der Waals surface area contributed by atoms with E-state index >= 15 is 0 Å². The number of rotatable bonds is 8. The number of nitrogens with zero attached hydrogens (tertiary/aromatic N) is 2. The van der Waals surface area contributed by atoms with Gasteiger partial charge in [-0.3, -0.25) is 9.78 Å². The molecule has 0 unspecified atom stereocenters. The largest absolute Gasteiger partial charge is 0.494 e. The molecule has 0 saturated carbocycles. The zero-order valence-corrected chi connectivity index (χ0v) is 13.6. The fraction of sp³-hybridized carbons (Fsp3) is 0.333. The highest BCUT2D eigenvalue weighted by Crippen LogP contribution is 2.14. The molecule has 2 rings (SSSR count). The van der Waals surface area contributed by atoms with Gasteiger partial charge in [-0.05, 0) is 36.8 Å². The summed E-state index contributed by atoms with van der Waals surface area (Å²) < 4.78 is 10.5. The number of carbonyl (C=O) groups is 1. The lowest BCUT2D eigenvalue weighted by atomic mass is 10.2. The monoisotopic (exact) mass is 314 g/mol. The van der Waals surface area contributed by atoms with Crippen molar-refractivity contribution in [1.82, 2.24) is 9.88 Å². The Kier molecular flexibility index (Phi) is 6.56. The lowest BCUT2D eigenvalue weighted by Crippen LogP contribution is -2.34. The van der Waals surface area contributed by atoms with E-state index < -0.39 is 0 Å². The van der Waals surface area contributed by atoms with Gasteiger partial charge in [0, 0.05) is 26.4 Å². The summed E-state index contributed by atoms with van der Waals surface area (Å²) in [4.78, 5) is 18.5. The summed E-state index contributed by atoms with van der Waals surface area (Å²) in [6, 6.07) is 13.1. The van der Waals surface area contributed by atoms with Crippen molar-refractivity contribution < 1.29 is 14.3 Å². The minimum atomic E-state index is -0.100. The number of amides is 1. The van der Waals surface area contributed by atoms with Crippen molar-refractivity contribution in [3.8, 4) is 5.75 Å². The number of pyridine rings is 1. The van der Waals surface area contributed by atoms with Crippen molar-refractivity contribution in [1.29, 1.82) is 0 Å². The Morgan fingerprint density at radius 3 is 2.57 bits per heavy atom. The first-order chi connectivity index (χ1) is 11.2. The van der Waals surface area contributed by atoms with E-state index in [-0.39, 0.29) is 5.91 Å². The summed E-state index contributed by atoms with van der Waals surface area (Å²) >= 11 is 0. The average Bonchev–Trinajstić information content (AvgIpc) is 2.60. The van der Waals surface area contributed by atoms with Gasteiger partial charge in [-0.15, -0.1) is 0 Å². The maximum Gasteiger partial charge on any atom is 0.272 e. The molecule has 1 amide bonds. The number of aromatic nitrogens is 1. The van der Waals surface area contributed by atoms with E-state index in [1.165, 1.54) is 0 Å². The molecule has 0 bridgehead atoms. The molecule has 0 spiro atoms. The van der Waals surface area contributed by atoms with Crippen LogP contribution < -0.4 is 4.74 Å². The highest BCUT2D eigenvalue weighted by Gasteiger charge is 2.17. The van der Waals surface area contributed by atoms with Crippen LogP contribution in [-0.4, -0.2) is 42.7 Å². The molecule has 2 aromatic rings. The molecule has 1 aromatic carbocycles. The number of methoxy groups -OCH3 is 1. The van der Waals surface area contributed by atoms with Gasteiger partial charge in [-0.2, -0.15) is 0 Å². The van der Waals surface area contributed by atoms with E-state index in [1.54, 1.807) is 30.3 Å². The Balaban J connectivity index is 2.10. The molecule has 1 heterocycles. The van der Waals surface area contributed by atoms with Crippen molar-refractivity contribution >= 4 is 5.91 Å². The minimum Gasteiger partial charge on any atom is -0.494 e. The van der Waals surface area contributed by atoms with E-state index in [9.17, 15) is 4.79 Å². The summed E-state index contributed by atoms with van der Waals surface area (Å²) in [6.07, 6.45) is 1.62. The second-order valence-corrected chi connectivity index (χ2v) is 5.01.